The van der Waals surface area contributed by atoms with E-state index in [1.165, 1.54) is 6.20 Å². The van der Waals surface area contributed by atoms with E-state index in [2.05, 4.69) is 4.98 Å². The van der Waals surface area contributed by atoms with Gasteiger partial charge in [-0.15, -0.1) is 0 Å². The lowest BCUT2D eigenvalue weighted by atomic mass is 10.1. The van der Waals surface area contributed by atoms with Crippen LogP contribution in [-0.4, -0.2) is 15.2 Å². The molecule has 5 heteroatoms. The molecule has 82 valence electrons. The molecule has 16 heavy (non-hydrogen) atoms. The number of pyridine rings is 1. The van der Waals surface area contributed by atoms with E-state index in [0.717, 1.165) is 12.3 Å². The predicted octanol–water partition coefficient (Wildman–Crippen LogP) is 0.822. The molecule has 2 heterocycles. The fraction of sp³-hybridized carbons (Fsp3) is 0.0909. The van der Waals surface area contributed by atoms with Gasteiger partial charge in [0.25, 0.3) is 0 Å². The third-order valence-electron chi connectivity index (χ3n) is 2.10. The molecule has 0 radical (unpaired) electrons. The van der Waals surface area contributed by atoms with Gasteiger partial charge in [0, 0.05) is 12.3 Å². The average molecular weight is 219 g/mol. The van der Waals surface area contributed by atoms with Crippen molar-refractivity contribution in [1.82, 2.24) is 4.98 Å². The first-order valence-electron chi connectivity index (χ1n) is 4.60. The molecule has 2 N–H and O–H groups in total. The van der Waals surface area contributed by atoms with Crippen LogP contribution in [0.5, 0.6) is 5.75 Å². The van der Waals surface area contributed by atoms with Gasteiger partial charge in [-0.3, -0.25) is 9.78 Å². The maximum Gasteiger partial charge on any atom is 0.226 e. The third kappa shape index (κ3) is 1.80. The minimum absolute atomic E-state index is 0.203. The summed E-state index contributed by atoms with van der Waals surface area (Å²) >= 11 is 0. The second kappa shape index (κ2) is 4.16. The molecule has 0 aromatic carbocycles. The molecule has 0 aliphatic carbocycles. The zero-order valence-corrected chi connectivity index (χ0v) is 8.20. The molecule has 0 amide bonds. The van der Waals surface area contributed by atoms with E-state index >= 15 is 0 Å². The second-order valence-corrected chi connectivity index (χ2v) is 3.15. The molecule has 0 saturated carbocycles. The highest BCUT2D eigenvalue weighted by Gasteiger charge is 2.19. The van der Waals surface area contributed by atoms with Crippen molar-refractivity contribution in [2.24, 2.45) is 0 Å². The Morgan fingerprint density at radius 1 is 1.31 bits per heavy atom. The Hall–Kier alpha value is -2.14. The first-order chi connectivity index (χ1) is 7.70. The minimum Gasteiger partial charge on any atom is -0.502 e. The number of nitrogens with zero attached hydrogens (tertiary/aromatic N) is 1. The summed E-state index contributed by atoms with van der Waals surface area (Å²) in [7, 11) is 0. The highest BCUT2D eigenvalue weighted by Crippen LogP contribution is 2.24. The lowest BCUT2D eigenvalue weighted by Crippen LogP contribution is -2.07. The zero-order valence-electron chi connectivity index (χ0n) is 8.20. The summed E-state index contributed by atoms with van der Waals surface area (Å²) in [5.41, 5.74) is -0.302. The molecular weight excluding hydrogens is 210 g/mol. The summed E-state index contributed by atoms with van der Waals surface area (Å²) < 4.78 is 4.92. The van der Waals surface area contributed by atoms with Gasteiger partial charge in [0.1, 0.15) is 0 Å². The Morgan fingerprint density at radius 3 is 2.81 bits per heavy atom. The number of aromatic nitrogens is 1. The Labute approximate surface area is 90.6 Å². The molecule has 0 saturated heterocycles. The standard InChI is InChI=1S/C11H9NO4/c13-8-4-6-16-11(10(8)15)9(14)7-3-1-2-5-12-7/h1-6,9,14-15H. The van der Waals surface area contributed by atoms with Crippen LogP contribution in [0.15, 0.2) is 45.9 Å². The fourth-order valence-corrected chi connectivity index (χ4v) is 1.29. The summed E-state index contributed by atoms with van der Waals surface area (Å²) in [4.78, 5) is 15.0. The number of aliphatic hydroxyl groups is 1. The number of rotatable bonds is 2. The summed E-state index contributed by atoms with van der Waals surface area (Å²) in [5, 5.41) is 19.3. The van der Waals surface area contributed by atoms with Gasteiger partial charge in [-0.05, 0) is 12.1 Å². The molecule has 0 aliphatic rings. The molecule has 2 rings (SSSR count). The maximum atomic E-state index is 11.1. The lowest BCUT2D eigenvalue weighted by molar-refractivity contribution is 0.174. The smallest absolute Gasteiger partial charge is 0.226 e. The van der Waals surface area contributed by atoms with Crippen molar-refractivity contribution < 1.29 is 14.6 Å². The van der Waals surface area contributed by atoms with Crippen molar-refractivity contribution >= 4 is 0 Å². The number of hydrogen-bond acceptors (Lipinski definition) is 5. The van der Waals surface area contributed by atoms with Crippen molar-refractivity contribution in [2.45, 2.75) is 6.10 Å². The van der Waals surface area contributed by atoms with Gasteiger partial charge >= 0.3 is 0 Å². The normalized spacial score (nSPS) is 12.3. The van der Waals surface area contributed by atoms with E-state index in [1.54, 1.807) is 18.2 Å². The molecular formula is C11H9NO4. The number of aliphatic hydroxyl groups excluding tert-OH is 1. The van der Waals surface area contributed by atoms with E-state index in [-0.39, 0.29) is 5.76 Å². The summed E-state index contributed by atoms with van der Waals surface area (Å²) in [6, 6.07) is 6.02. The highest BCUT2D eigenvalue weighted by atomic mass is 16.4. The molecule has 0 bridgehead atoms. The SMILES string of the molecule is O=c1ccoc(C(O)c2ccccn2)c1O. The van der Waals surface area contributed by atoms with Gasteiger partial charge in [0.2, 0.25) is 11.2 Å². The van der Waals surface area contributed by atoms with Crippen molar-refractivity contribution in [1.29, 1.82) is 0 Å². The fourth-order valence-electron chi connectivity index (χ4n) is 1.29. The molecule has 0 spiro atoms. The van der Waals surface area contributed by atoms with Crippen molar-refractivity contribution in [3.8, 4) is 5.75 Å². The number of hydrogen-bond donors (Lipinski definition) is 2. The van der Waals surface area contributed by atoms with Gasteiger partial charge in [0.15, 0.2) is 11.9 Å². The Morgan fingerprint density at radius 2 is 2.12 bits per heavy atom. The topological polar surface area (TPSA) is 83.6 Å². The first-order valence-corrected chi connectivity index (χ1v) is 4.60. The van der Waals surface area contributed by atoms with Crippen LogP contribution < -0.4 is 5.43 Å². The lowest BCUT2D eigenvalue weighted by Gasteiger charge is -2.09. The average Bonchev–Trinajstić information content (AvgIpc) is 2.33. The third-order valence-corrected chi connectivity index (χ3v) is 2.10. The van der Waals surface area contributed by atoms with Crippen LogP contribution in [0.1, 0.15) is 17.6 Å². The minimum atomic E-state index is -1.25. The predicted molar refractivity (Wildman–Crippen MR) is 54.9 cm³/mol. The van der Waals surface area contributed by atoms with E-state index in [1.807, 2.05) is 0 Å². The van der Waals surface area contributed by atoms with Crippen LogP contribution in [0.4, 0.5) is 0 Å². The Kier molecular flexibility index (Phi) is 2.70. The van der Waals surface area contributed by atoms with Gasteiger partial charge in [-0.1, -0.05) is 6.07 Å². The first kappa shape index (κ1) is 10.4. The van der Waals surface area contributed by atoms with E-state index < -0.39 is 17.3 Å². The van der Waals surface area contributed by atoms with Gasteiger partial charge in [-0.2, -0.15) is 0 Å². The molecule has 1 unspecified atom stereocenters. The van der Waals surface area contributed by atoms with E-state index in [4.69, 9.17) is 4.42 Å². The van der Waals surface area contributed by atoms with Crippen LogP contribution in [0, 0.1) is 0 Å². The monoisotopic (exact) mass is 219 g/mol. The van der Waals surface area contributed by atoms with Crippen LogP contribution in [0.25, 0.3) is 0 Å². The molecule has 5 nitrogen and oxygen atoms in total. The van der Waals surface area contributed by atoms with Crippen LogP contribution >= 0.6 is 0 Å². The van der Waals surface area contributed by atoms with Crippen LogP contribution in [0.3, 0.4) is 0 Å². The summed E-state index contributed by atoms with van der Waals surface area (Å²) in [6.45, 7) is 0. The maximum absolute atomic E-state index is 11.1. The van der Waals surface area contributed by atoms with Gasteiger partial charge in [-0.25, -0.2) is 0 Å². The van der Waals surface area contributed by atoms with Crippen molar-refractivity contribution in [3.63, 3.8) is 0 Å². The number of aromatic hydroxyl groups is 1. The molecule has 2 aromatic rings. The van der Waals surface area contributed by atoms with Crippen molar-refractivity contribution in [2.75, 3.05) is 0 Å². The zero-order chi connectivity index (χ0) is 11.5. The Bertz CT molecular complexity index is 535. The Balaban J connectivity index is 2.46. The summed E-state index contributed by atoms with van der Waals surface area (Å²) in [6.07, 6.45) is 1.36. The molecule has 2 aromatic heterocycles. The van der Waals surface area contributed by atoms with Crippen LogP contribution in [-0.2, 0) is 0 Å². The van der Waals surface area contributed by atoms with Crippen LogP contribution in [0.2, 0.25) is 0 Å². The summed E-state index contributed by atoms with van der Waals surface area (Å²) in [5.74, 6) is -0.799. The molecule has 0 fully saturated rings. The second-order valence-electron chi connectivity index (χ2n) is 3.15. The van der Waals surface area contributed by atoms with Gasteiger partial charge < -0.3 is 14.6 Å². The van der Waals surface area contributed by atoms with Gasteiger partial charge in [0.05, 0.1) is 12.0 Å². The van der Waals surface area contributed by atoms with Crippen molar-refractivity contribution in [3.05, 3.63) is 58.4 Å². The quantitative estimate of drug-likeness (QED) is 0.781. The highest BCUT2D eigenvalue weighted by molar-refractivity contribution is 5.29. The molecule has 0 aliphatic heterocycles. The largest absolute Gasteiger partial charge is 0.502 e. The van der Waals surface area contributed by atoms with E-state index in [9.17, 15) is 15.0 Å². The van der Waals surface area contributed by atoms with E-state index in [0.29, 0.717) is 5.69 Å². The molecule has 1 atom stereocenters.